The lowest BCUT2D eigenvalue weighted by atomic mass is 9.92. The van der Waals surface area contributed by atoms with E-state index in [1.165, 1.54) is 12.1 Å². The highest BCUT2D eigenvalue weighted by atomic mass is 19.1. The molecule has 3 N–H and O–H groups in total. The number of hydrogen-bond acceptors (Lipinski definition) is 3. The highest BCUT2D eigenvalue weighted by Gasteiger charge is 2.19. The number of hydrogen-bond donors (Lipinski definition) is 2. The van der Waals surface area contributed by atoms with Crippen LogP contribution in [0.25, 0.3) is 0 Å². The third kappa shape index (κ3) is 3.96. The summed E-state index contributed by atoms with van der Waals surface area (Å²) >= 11 is 0. The highest BCUT2D eigenvalue weighted by molar-refractivity contribution is 5.36. The first kappa shape index (κ1) is 14.9. The van der Waals surface area contributed by atoms with Crippen LogP contribution in [0.15, 0.2) is 18.2 Å². The molecule has 0 spiro atoms. The van der Waals surface area contributed by atoms with E-state index in [0.717, 1.165) is 5.56 Å². The van der Waals surface area contributed by atoms with Crippen LogP contribution in [0.5, 0.6) is 5.75 Å². The Labute approximate surface area is 108 Å². The van der Waals surface area contributed by atoms with Crippen LogP contribution in [-0.2, 0) is 0 Å². The SMILES string of the molecule is CCOc1ccc(F)cc1C(C)CC(O)C(C)N. The molecule has 0 heterocycles. The molecule has 18 heavy (non-hydrogen) atoms. The molecular formula is C14H22FNO2. The molecule has 0 saturated heterocycles. The van der Waals surface area contributed by atoms with Gasteiger partial charge in [0, 0.05) is 6.04 Å². The second-order valence-corrected chi connectivity index (χ2v) is 4.68. The Morgan fingerprint density at radius 3 is 2.61 bits per heavy atom. The molecule has 0 bridgehead atoms. The standard InChI is InChI=1S/C14H22FNO2/c1-4-18-14-6-5-11(15)8-12(14)9(2)7-13(17)10(3)16/h5-6,8-10,13,17H,4,7,16H2,1-3H3. The fourth-order valence-corrected chi connectivity index (χ4v) is 1.90. The molecule has 0 aliphatic rings. The Hall–Kier alpha value is -1.13. The third-order valence-electron chi connectivity index (χ3n) is 3.00. The number of aliphatic hydroxyl groups excluding tert-OH is 1. The van der Waals surface area contributed by atoms with Crippen LogP contribution >= 0.6 is 0 Å². The van der Waals surface area contributed by atoms with Crippen molar-refractivity contribution >= 4 is 0 Å². The van der Waals surface area contributed by atoms with Crippen LogP contribution in [0.1, 0.15) is 38.7 Å². The second-order valence-electron chi connectivity index (χ2n) is 4.68. The zero-order chi connectivity index (χ0) is 13.7. The van der Waals surface area contributed by atoms with Gasteiger partial charge in [0.05, 0.1) is 12.7 Å². The van der Waals surface area contributed by atoms with Crippen molar-refractivity contribution in [3.05, 3.63) is 29.6 Å². The van der Waals surface area contributed by atoms with Gasteiger partial charge in [-0.05, 0) is 49.9 Å². The van der Waals surface area contributed by atoms with Gasteiger partial charge in [0.25, 0.3) is 0 Å². The van der Waals surface area contributed by atoms with E-state index < -0.39 is 6.10 Å². The maximum atomic E-state index is 13.3. The highest BCUT2D eigenvalue weighted by Crippen LogP contribution is 2.30. The van der Waals surface area contributed by atoms with Crippen LogP contribution in [-0.4, -0.2) is 23.9 Å². The molecule has 3 atom stereocenters. The van der Waals surface area contributed by atoms with E-state index in [4.69, 9.17) is 10.5 Å². The molecule has 3 unspecified atom stereocenters. The predicted octanol–water partition coefficient (Wildman–Crippen LogP) is 2.43. The number of rotatable bonds is 6. The molecule has 0 saturated carbocycles. The molecule has 102 valence electrons. The molecule has 3 nitrogen and oxygen atoms in total. The molecular weight excluding hydrogens is 233 g/mol. The van der Waals surface area contributed by atoms with Crippen molar-refractivity contribution < 1.29 is 14.2 Å². The summed E-state index contributed by atoms with van der Waals surface area (Å²) in [5, 5.41) is 9.79. The van der Waals surface area contributed by atoms with Crippen molar-refractivity contribution in [2.75, 3.05) is 6.61 Å². The number of aliphatic hydroxyl groups is 1. The lowest BCUT2D eigenvalue weighted by Gasteiger charge is -2.21. The summed E-state index contributed by atoms with van der Waals surface area (Å²) in [7, 11) is 0. The largest absolute Gasteiger partial charge is 0.494 e. The van der Waals surface area contributed by atoms with Gasteiger partial charge in [-0.15, -0.1) is 0 Å². The zero-order valence-electron chi connectivity index (χ0n) is 11.2. The lowest BCUT2D eigenvalue weighted by molar-refractivity contribution is 0.134. The van der Waals surface area contributed by atoms with Crippen LogP contribution in [0, 0.1) is 5.82 Å². The number of halogens is 1. The average molecular weight is 255 g/mol. The lowest BCUT2D eigenvalue weighted by Crippen LogP contribution is -2.32. The monoisotopic (exact) mass is 255 g/mol. The van der Waals surface area contributed by atoms with Crippen molar-refractivity contribution in [1.29, 1.82) is 0 Å². The van der Waals surface area contributed by atoms with Crippen LogP contribution in [0.2, 0.25) is 0 Å². The fraction of sp³-hybridized carbons (Fsp3) is 0.571. The summed E-state index contributed by atoms with van der Waals surface area (Å²) < 4.78 is 18.8. The normalized spacial score (nSPS) is 16.1. The average Bonchev–Trinajstić information content (AvgIpc) is 2.31. The minimum absolute atomic E-state index is 0.0109. The molecule has 1 aromatic rings. The Morgan fingerprint density at radius 2 is 2.06 bits per heavy atom. The molecule has 1 aromatic carbocycles. The summed E-state index contributed by atoms with van der Waals surface area (Å²) in [5.74, 6) is 0.363. The zero-order valence-corrected chi connectivity index (χ0v) is 11.2. The van der Waals surface area contributed by atoms with E-state index in [9.17, 15) is 9.50 Å². The van der Waals surface area contributed by atoms with Gasteiger partial charge in [0.1, 0.15) is 11.6 Å². The van der Waals surface area contributed by atoms with E-state index in [2.05, 4.69) is 0 Å². The molecule has 0 aliphatic carbocycles. The van der Waals surface area contributed by atoms with Gasteiger partial charge in [0.2, 0.25) is 0 Å². The summed E-state index contributed by atoms with van der Waals surface area (Å²) in [6, 6.07) is 4.17. The van der Waals surface area contributed by atoms with Crippen molar-refractivity contribution in [1.82, 2.24) is 0 Å². The number of ether oxygens (including phenoxy) is 1. The number of nitrogens with two attached hydrogens (primary N) is 1. The minimum Gasteiger partial charge on any atom is -0.494 e. The van der Waals surface area contributed by atoms with Gasteiger partial charge in [0.15, 0.2) is 0 Å². The topological polar surface area (TPSA) is 55.5 Å². The van der Waals surface area contributed by atoms with E-state index in [1.54, 1.807) is 13.0 Å². The summed E-state index contributed by atoms with van der Waals surface area (Å²) in [6.07, 6.45) is -0.112. The maximum absolute atomic E-state index is 13.3. The van der Waals surface area contributed by atoms with Gasteiger partial charge in [-0.3, -0.25) is 0 Å². The fourth-order valence-electron chi connectivity index (χ4n) is 1.90. The Kier molecular flexibility index (Phi) is 5.56. The quantitative estimate of drug-likeness (QED) is 0.820. The van der Waals surface area contributed by atoms with Crippen LogP contribution in [0.4, 0.5) is 4.39 Å². The molecule has 1 rings (SSSR count). The molecule has 4 heteroatoms. The van der Waals surface area contributed by atoms with Crippen molar-refractivity contribution in [2.24, 2.45) is 5.73 Å². The first-order valence-electron chi connectivity index (χ1n) is 6.31. The van der Waals surface area contributed by atoms with Crippen LogP contribution < -0.4 is 10.5 Å². The molecule has 0 amide bonds. The second kappa shape index (κ2) is 6.71. The first-order chi connectivity index (χ1) is 8.45. The minimum atomic E-state index is -0.599. The first-order valence-corrected chi connectivity index (χ1v) is 6.31. The summed E-state index contributed by atoms with van der Waals surface area (Å²) in [6.45, 7) is 6.10. The number of benzene rings is 1. The predicted molar refractivity (Wildman–Crippen MR) is 70.3 cm³/mol. The third-order valence-corrected chi connectivity index (χ3v) is 3.00. The summed E-state index contributed by atoms with van der Waals surface area (Å²) in [4.78, 5) is 0. The smallest absolute Gasteiger partial charge is 0.123 e. The van der Waals surface area contributed by atoms with Gasteiger partial charge >= 0.3 is 0 Å². The Morgan fingerprint density at radius 1 is 1.39 bits per heavy atom. The molecule has 0 radical (unpaired) electrons. The molecule has 0 aliphatic heterocycles. The maximum Gasteiger partial charge on any atom is 0.123 e. The van der Waals surface area contributed by atoms with Gasteiger partial charge < -0.3 is 15.6 Å². The van der Waals surface area contributed by atoms with E-state index in [1.807, 2.05) is 13.8 Å². The Bertz CT molecular complexity index is 382. The van der Waals surface area contributed by atoms with E-state index >= 15 is 0 Å². The van der Waals surface area contributed by atoms with E-state index in [0.29, 0.717) is 18.8 Å². The Balaban J connectivity index is 2.88. The van der Waals surface area contributed by atoms with Gasteiger partial charge in [-0.25, -0.2) is 4.39 Å². The van der Waals surface area contributed by atoms with Crippen molar-refractivity contribution in [2.45, 2.75) is 45.3 Å². The van der Waals surface area contributed by atoms with Gasteiger partial charge in [-0.2, -0.15) is 0 Å². The van der Waals surface area contributed by atoms with Crippen molar-refractivity contribution in [3.63, 3.8) is 0 Å². The summed E-state index contributed by atoms with van der Waals surface area (Å²) in [5.41, 5.74) is 6.41. The van der Waals surface area contributed by atoms with E-state index in [-0.39, 0.29) is 17.8 Å². The van der Waals surface area contributed by atoms with Gasteiger partial charge in [-0.1, -0.05) is 6.92 Å². The molecule has 0 aromatic heterocycles. The van der Waals surface area contributed by atoms with Crippen molar-refractivity contribution in [3.8, 4) is 5.75 Å². The van der Waals surface area contributed by atoms with Crippen LogP contribution in [0.3, 0.4) is 0 Å². The molecule has 0 fully saturated rings.